The molecule has 11 aromatic rings. The molecular weight excluding hydrogens is 749 g/mol. The van der Waals surface area contributed by atoms with E-state index in [0.29, 0.717) is 0 Å². The fraction of sp³-hybridized carbons (Fsp3) is 0.133. The van der Waals surface area contributed by atoms with Crippen molar-refractivity contribution in [1.29, 1.82) is 0 Å². The predicted octanol–water partition coefficient (Wildman–Crippen LogP) is 17.1. The van der Waals surface area contributed by atoms with E-state index in [1.807, 2.05) is 0 Å². The van der Waals surface area contributed by atoms with Crippen molar-refractivity contribution in [3.05, 3.63) is 205 Å². The van der Waals surface area contributed by atoms with Gasteiger partial charge in [-0.1, -0.05) is 187 Å². The summed E-state index contributed by atoms with van der Waals surface area (Å²) in [6, 6.07) is 72.5. The zero-order valence-electron chi connectivity index (χ0n) is 36.4. The van der Waals surface area contributed by atoms with E-state index in [0.717, 1.165) is 17.1 Å². The van der Waals surface area contributed by atoms with Crippen LogP contribution in [0.2, 0.25) is 0 Å². The van der Waals surface area contributed by atoms with Gasteiger partial charge in [0.2, 0.25) is 0 Å². The fourth-order valence-corrected chi connectivity index (χ4v) is 9.72. The SMILES string of the molecule is CC(C)(C)c1ccc(-c2ccc(N(c3cccc(-c4cccc(C(C)(C)C)c4)c3)c3ccc4ccc5c(-n6c7ccccc7c7ccccc76)ccc6ccc3c4c65)cc2)cc1. The molecule has 11 rings (SSSR count). The quantitative estimate of drug-likeness (QED) is 0.152. The summed E-state index contributed by atoms with van der Waals surface area (Å²) >= 11 is 0. The Kier molecular flexibility index (Phi) is 8.67. The molecule has 0 aliphatic carbocycles. The first-order chi connectivity index (χ1) is 30.0. The number of anilines is 3. The number of fused-ring (bicyclic) bond motifs is 3. The number of aromatic nitrogens is 1. The molecule has 1 aromatic heterocycles. The summed E-state index contributed by atoms with van der Waals surface area (Å²) in [5, 5.41) is 10.1. The molecule has 2 heteroatoms. The minimum atomic E-state index is 0.0532. The number of benzene rings is 10. The standard InChI is InChI=1S/C60H50N2/c1-59(2,3)45-29-21-39(22-30-45)40-23-31-47(32-24-40)61(48-16-12-14-44(38-48)43-13-11-15-46(37-43)60(4,5)6)55-35-27-41-26-34-52-56(36-28-42-25-33-51(55)57(41)58(42)52)62-53-19-9-7-17-49(53)50-18-8-10-20-54(50)62/h7-38H,1-6H3. The molecule has 0 N–H and O–H groups in total. The van der Waals surface area contributed by atoms with Crippen LogP contribution in [0.3, 0.4) is 0 Å². The number of hydrogen-bond acceptors (Lipinski definition) is 1. The van der Waals surface area contributed by atoms with Crippen molar-refractivity contribution in [1.82, 2.24) is 4.57 Å². The predicted molar refractivity (Wildman–Crippen MR) is 267 cm³/mol. The van der Waals surface area contributed by atoms with Gasteiger partial charge in [-0.3, -0.25) is 0 Å². The van der Waals surface area contributed by atoms with Gasteiger partial charge in [0.25, 0.3) is 0 Å². The second-order valence-electron chi connectivity index (χ2n) is 19.1. The maximum absolute atomic E-state index is 2.46. The van der Waals surface area contributed by atoms with Crippen molar-refractivity contribution < 1.29 is 0 Å². The normalized spacial score (nSPS) is 12.4. The number of para-hydroxylation sites is 2. The summed E-state index contributed by atoms with van der Waals surface area (Å²) in [6.45, 7) is 13.7. The lowest BCUT2D eigenvalue weighted by atomic mass is 9.85. The first-order valence-corrected chi connectivity index (χ1v) is 21.9. The molecule has 10 aromatic carbocycles. The molecular formula is C60H50N2. The minimum absolute atomic E-state index is 0.0532. The lowest BCUT2D eigenvalue weighted by molar-refractivity contribution is 0.590. The summed E-state index contributed by atoms with van der Waals surface area (Å²) in [4.78, 5) is 2.46. The summed E-state index contributed by atoms with van der Waals surface area (Å²) in [7, 11) is 0. The molecule has 0 amide bonds. The first kappa shape index (κ1) is 37.8. The minimum Gasteiger partial charge on any atom is -0.310 e. The highest BCUT2D eigenvalue weighted by Gasteiger charge is 2.22. The van der Waals surface area contributed by atoms with Gasteiger partial charge in [-0.05, 0) is 114 Å². The highest BCUT2D eigenvalue weighted by atomic mass is 15.1. The molecule has 0 fully saturated rings. The van der Waals surface area contributed by atoms with Crippen LogP contribution < -0.4 is 4.90 Å². The van der Waals surface area contributed by atoms with Gasteiger partial charge >= 0.3 is 0 Å². The topological polar surface area (TPSA) is 8.17 Å². The van der Waals surface area contributed by atoms with Crippen molar-refractivity contribution in [3.63, 3.8) is 0 Å². The van der Waals surface area contributed by atoms with Gasteiger partial charge in [-0.2, -0.15) is 0 Å². The van der Waals surface area contributed by atoms with Crippen molar-refractivity contribution in [2.24, 2.45) is 0 Å². The Bertz CT molecular complexity index is 3410. The fourth-order valence-electron chi connectivity index (χ4n) is 9.72. The smallest absolute Gasteiger partial charge is 0.0541 e. The monoisotopic (exact) mass is 798 g/mol. The lowest BCUT2D eigenvalue weighted by Crippen LogP contribution is -2.11. The van der Waals surface area contributed by atoms with Crippen LogP contribution in [0.15, 0.2) is 194 Å². The van der Waals surface area contributed by atoms with E-state index in [-0.39, 0.29) is 10.8 Å². The maximum Gasteiger partial charge on any atom is 0.0541 e. The zero-order valence-corrected chi connectivity index (χ0v) is 36.4. The Labute approximate surface area is 364 Å². The van der Waals surface area contributed by atoms with Crippen molar-refractivity contribution in [3.8, 4) is 27.9 Å². The number of rotatable bonds is 6. The molecule has 0 aliphatic rings. The second-order valence-corrected chi connectivity index (χ2v) is 19.1. The Morgan fingerprint density at radius 1 is 0.355 bits per heavy atom. The molecule has 0 saturated carbocycles. The molecule has 0 aliphatic heterocycles. The summed E-state index contributed by atoms with van der Waals surface area (Å²) in [6.07, 6.45) is 0. The van der Waals surface area contributed by atoms with Gasteiger partial charge in [-0.15, -0.1) is 0 Å². The van der Waals surface area contributed by atoms with E-state index in [4.69, 9.17) is 0 Å². The molecule has 0 spiro atoms. The largest absolute Gasteiger partial charge is 0.310 e. The van der Waals surface area contributed by atoms with Gasteiger partial charge in [-0.25, -0.2) is 0 Å². The van der Waals surface area contributed by atoms with Crippen LogP contribution in [0.1, 0.15) is 52.7 Å². The van der Waals surface area contributed by atoms with E-state index in [1.165, 1.54) is 93.2 Å². The third kappa shape index (κ3) is 6.24. The molecule has 0 bridgehead atoms. The van der Waals surface area contributed by atoms with E-state index >= 15 is 0 Å². The van der Waals surface area contributed by atoms with E-state index < -0.39 is 0 Å². The molecule has 300 valence electrons. The molecule has 0 radical (unpaired) electrons. The Hall–Kier alpha value is -7.16. The number of hydrogen-bond donors (Lipinski definition) is 0. The maximum atomic E-state index is 2.46. The van der Waals surface area contributed by atoms with Gasteiger partial charge in [0.05, 0.1) is 22.4 Å². The Balaban J connectivity index is 1.12. The molecule has 2 nitrogen and oxygen atoms in total. The van der Waals surface area contributed by atoms with Crippen LogP contribution in [-0.2, 0) is 10.8 Å². The van der Waals surface area contributed by atoms with Crippen molar-refractivity contribution in [2.75, 3.05) is 4.90 Å². The van der Waals surface area contributed by atoms with Gasteiger partial charge in [0.1, 0.15) is 0 Å². The third-order valence-corrected chi connectivity index (χ3v) is 13.1. The average molecular weight is 799 g/mol. The van der Waals surface area contributed by atoms with E-state index in [9.17, 15) is 0 Å². The first-order valence-electron chi connectivity index (χ1n) is 21.9. The second kappa shape index (κ2) is 14.2. The highest BCUT2D eigenvalue weighted by Crippen LogP contribution is 2.46. The average Bonchev–Trinajstić information content (AvgIpc) is 3.62. The van der Waals surface area contributed by atoms with Crippen molar-refractivity contribution in [2.45, 2.75) is 52.4 Å². The summed E-state index contributed by atoms with van der Waals surface area (Å²) in [5.74, 6) is 0. The van der Waals surface area contributed by atoms with Gasteiger partial charge in [0, 0.05) is 32.9 Å². The van der Waals surface area contributed by atoms with Crippen molar-refractivity contribution >= 4 is 71.2 Å². The van der Waals surface area contributed by atoms with Gasteiger partial charge in [0.15, 0.2) is 0 Å². The zero-order chi connectivity index (χ0) is 42.3. The molecule has 62 heavy (non-hydrogen) atoms. The highest BCUT2D eigenvalue weighted by molar-refractivity contribution is 6.27. The summed E-state index contributed by atoms with van der Waals surface area (Å²) < 4.78 is 2.46. The van der Waals surface area contributed by atoms with E-state index in [1.54, 1.807) is 0 Å². The Morgan fingerprint density at radius 3 is 1.53 bits per heavy atom. The molecule has 0 unspecified atom stereocenters. The summed E-state index contributed by atoms with van der Waals surface area (Å²) in [5.41, 5.74) is 14.7. The molecule has 0 atom stereocenters. The number of nitrogens with zero attached hydrogens (tertiary/aromatic N) is 2. The molecule has 1 heterocycles. The van der Waals surface area contributed by atoms with Gasteiger partial charge < -0.3 is 9.47 Å². The van der Waals surface area contributed by atoms with Crippen LogP contribution in [0.25, 0.3) is 82.1 Å². The van der Waals surface area contributed by atoms with Crippen LogP contribution in [0.4, 0.5) is 17.1 Å². The van der Waals surface area contributed by atoms with E-state index in [2.05, 4.69) is 245 Å². The van der Waals surface area contributed by atoms with Crippen LogP contribution in [-0.4, -0.2) is 4.57 Å². The van der Waals surface area contributed by atoms with Crippen LogP contribution >= 0.6 is 0 Å². The molecule has 0 saturated heterocycles. The Morgan fingerprint density at radius 2 is 0.887 bits per heavy atom. The van der Waals surface area contributed by atoms with Crippen LogP contribution in [0.5, 0.6) is 0 Å². The third-order valence-electron chi connectivity index (χ3n) is 13.1. The lowest BCUT2D eigenvalue weighted by Gasteiger charge is -2.28. The van der Waals surface area contributed by atoms with Crippen LogP contribution in [0, 0.1) is 0 Å².